The van der Waals surface area contributed by atoms with Crippen molar-refractivity contribution < 1.29 is 27.4 Å². The Hall–Kier alpha value is -3.94. The van der Waals surface area contributed by atoms with Crippen LogP contribution in [-0.4, -0.2) is 43.2 Å². The molecule has 0 fully saturated rings. The van der Waals surface area contributed by atoms with Gasteiger partial charge >= 0.3 is 6.03 Å². The summed E-state index contributed by atoms with van der Waals surface area (Å²) in [6, 6.07) is 10.9. The number of amides is 2. The number of aliphatic imine (C=N–C) groups is 1. The number of urea groups is 1. The Balaban J connectivity index is 1.41. The number of halogens is 2. The number of anilines is 1. The van der Waals surface area contributed by atoms with E-state index in [0.717, 1.165) is 22.0 Å². The summed E-state index contributed by atoms with van der Waals surface area (Å²) in [6.07, 6.45) is 0. The first-order valence-corrected chi connectivity index (χ1v) is 13.3. The van der Waals surface area contributed by atoms with Crippen LogP contribution in [0.25, 0.3) is 16.5 Å². The van der Waals surface area contributed by atoms with Crippen molar-refractivity contribution in [3.8, 4) is 11.6 Å². The van der Waals surface area contributed by atoms with E-state index in [9.17, 15) is 23.1 Å². The van der Waals surface area contributed by atoms with E-state index in [0.29, 0.717) is 35.4 Å². The number of pyridine rings is 1. The van der Waals surface area contributed by atoms with Gasteiger partial charge in [0.1, 0.15) is 16.6 Å². The van der Waals surface area contributed by atoms with Crippen LogP contribution in [0.1, 0.15) is 5.56 Å². The quantitative estimate of drug-likeness (QED) is 0.338. The Labute approximate surface area is 217 Å². The Kier molecular flexibility index (Phi) is 6.35. The number of aromatic nitrogens is 1. The van der Waals surface area contributed by atoms with E-state index in [2.05, 4.69) is 10.3 Å². The highest BCUT2D eigenvalue weighted by molar-refractivity contribution is 7.92. The number of carbonyl (C=O) groups excluding carboxylic acids is 1. The molecule has 0 saturated carbocycles. The molecule has 2 aromatic carbocycles. The van der Waals surface area contributed by atoms with Crippen LogP contribution in [-0.2, 0) is 14.8 Å². The van der Waals surface area contributed by atoms with Crippen LogP contribution in [0.15, 0.2) is 68.6 Å². The van der Waals surface area contributed by atoms with Gasteiger partial charge in [-0.25, -0.2) is 31.9 Å². The van der Waals surface area contributed by atoms with Crippen molar-refractivity contribution in [1.29, 1.82) is 0 Å². The Morgan fingerprint density at radius 3 is 2.65 bits per heavy atom. The smallest absolute Gasteiger partial charge is 0.333 e. The number of ether oxygens (including phenoxy) is 1. The average Bonchev–Trinajstić information content (AvgIpc) is 3.52. The van der Waals surface area contributed by atoms with Crippen LogP contribution in [0.3, 0.4) is 0 Å². The largest absolute Gasteiger partial charge is 0.494 e. The van der Waals surface area contributed by atoms with Gasteiger partial charge in [-0.2, -0.15) is 0 Å². The van der Waals surface area contributed by atoms with E-state index < -0.39 is 33.3 Å². The zero-order valence-corrected chi connectivity index (χ0v) is 21.0. The van der Waals surface area contributed by atoms with Gasteiger partial charge in [-0.3, -0.25) is 4.79 Å². The number of nitrogens with zero attached hydrogens (tertiary/aromatic N) is 2. The molecule has 0 spiro atoms. The summed E-state index contributed by atoms with van der Waals surface area (Å²) >= 11 is 6.50. The van der Waals surface area contributed by atoms with Crippen molar-refractivity contribution in [1.82, 2.24) is 9.29 Å². The monoisotopic (exact) mass is 562 g/mol. The molecule has 0 unspecified atom stereocenters. The number of thiophene rings is 1. The molecule has 1 aliphatic heterocycles. The van der Waals surface area contributed by atoms with Crippen LogP contribution < -0.4 is 15.6 Å². The van der Waals surface area contributed by atoms with Gasteiger partial charge in [0.15, 0.2) is 0 Å². The lowest BCUT2D eigenvalue weighted by molar-refractivity contribution is 0.256. The fourth-order valence-electron chi connectivity index (χ4n) is 3.72. The van der Waals surface area contributed by atoms with Crippen molar-refractivity contribution in [2.24, 2.45) is 4.99 Å². The second-order valence-corrected chi connectivity index (χ2v) is 11.4. The maximum atomic E-state index is 15.0. The number of sulfonamides is 1. The van der Waals surface area contributed by atoms with Gasteiger partial charge < -0.3 is 15.2 Å². The Morgan fingerprint density at radius 2 is 1.97 bits per heavy atom. The summed E-state index contributed by atoms with van der Waals surface area (Å²) < 4.78 is 47.6. The number of hydrogen-bond donors (Lipinski definition) is 3. The molecule has 2 amide bonds. The van der Waals surface area contributed by atoms with E-state index in [-0.39, 0.29) is 19.9 Å². The summed E-state index contributed by atoms with van der Waals surface area (Å²) in [6.45, 7) is 0.997. The second-order valence-electron chi connectivity index (χ2n) is 7.76. The molecule has 4 aromatic rings. The van der Waals surface area contributed by atoms with E-state index in [4.69, 9.17) is 16.3 Å². The molecule has 1 aliphatic rings. The lowest BCUT2D eigenvalue weighted by Crippen LogP contribution is -2.34. The van der Waals surface area contributed by atoms with Gasteiger partial charge in [0.25, 0.3) is 15.6 Å². The van der Waals surface area contributed by atoms with Gasteiger partial charge in [-0.1, -0.05) is 11.6 Å². The predicted octanol–water partition coefficient (Wildman–Crippen LogP) is 3.84. The molecular weight excluding hydrogens is 547 g/mol. The Bertz CT molecular complexity index is 1770. The number of hydrogen-bond acceptors (Lipinski definition) is 8. The summed E-state index contributed by atoms with van der Waals surface area (Å²) in [4.78, 5) is 29.2. The van der Waals surface area contributed by atoms with Gasteiger partial charge in [0.05, 0.1) is 16.6 Å². The highest BCUT2D eigenvalue weighted by atomic mass is 35.5. The van der Waals surface area contributed by atoms with E-state index >= 15 is 4.39 Å². The van der Waals surface area contributed by atoms with Crippen molar-refractivity contribution in [3.63, 3.8) is 0 Å². The predicted molar refractivity (Wildman–Crippen MR) is 137 cm³/mol. The van der Waals surface area contributed by atoms with Crippen LogP contribution in [0, 0.1) is 5.82 Å². The van der Waals surface area contributed by atoms with Gasteiger partial charge in [0, 0.05) is 22.7 Å². The van der Waals surface area contributed by atoms with Crippen molar-refractivity contribution >= 4 is 61.3 Å². The van der Waals surface area contributed by atoms with Gasteiger partial charge in [-0.15, -0.1) is 11.3 Å². The molecule has 0 aliphatic carbocycles. The number of rotatable bonds is 5. The minimum absolute atomic E-state index is 0.0894. The lowest BCUT2D eigenvalue weighted by atomic mass is 10.1. The Morgan fingerprint density at radius 1 is 1.16 bits per heavy atom. The standard InChI is InChI=1S/C23H16ClFN4O6S2/c24-18-5-6-20(36-18)37(33,34)28-23(32)27-14-2-4-17(16(25)11-14)29-19(30)10-13-9-12(21-26-7-8-35-21)1-3-15(13)22(29)31/h1-6,9-11,31H,7-8H2,(H2,27,28,32). The third-order valence-electron chi connectivity index (χ3n) is 5.32. The normalized spacial score (nSPS) is 13.3. The molecule has 0 bridgehead atoms. The first-order valence-electron chi connectivity index (χ1n) is 10.6. The van der Waals surface area contributed by atoms with Gasteiger partial charge in [0.2, 0.25) is 11.8 Å². The van der Waals surface area contributed by atoms with Crippen LogP contribution in [0.2, 0.25) is 4.34 Å². The van der Waals surface area contributed by atoms with Crippen molar-refractivity contribution in [2.75, 3.05) is 18.5 Å². The van der Waals surface area contributed by atoms with Crippen LogP contribution in [0.4, 0.5) is 14.9 Å². The molecule has 10 nitrogen and oxygen atoms in total. The van der Waals surface area contributed by atoms with Crippen molar-refractivity contribution in [3.05, 3.63) is 80.7 Å². The molecule has 0 saturated heterocycles. The molecule has 0 radical (unpaired) electrons. The third kappa shape index (κ3) is 4.88. The van der Waals surface area contributed by atoms with Crippen LogP contribution >= 0.6 is 22.9 Å². The minimum atomic E-state index is -4.18. The number of carbonyl (C=O) groups is 1. The van der Waals surface area contributed by atoms with E-state index in [1.807, 2.05) is 0 Å². The summed E-state index contributed by atoms with van der Waals surface area (Å²) in [5, 5.41) is 13.7. The zero-order valence-electron chi connectivity index (χ0n) is 18.6. The number of aromatic hydroxyl groups is 1. The van der Waals surface area contributed by atoms with E-state index in [1.165, 1.54) is 30.3 Å². The molecule has 0 atom stereocenters. The fraction of sp³-hybridized carbons (Fsp3) is 0.0870. The van der Waals surface area contributed by atoms with Crippen molar-refractivity contribution in [2.45, 2.75) is 4.21 Å². The SMILES string of the molecule is O=C(Nc1ccc(-n2c(O)c3ccc(C4=NCCO4)cc3cc2=O)c(F)c1)NS(=O)(=O)c1ccc(Cl)s1. The molecule has 3 N–H and O–H groups in total. The highest BCUT2D eigenvalue weighted by Gasteiger charge is 2.21. The zero-order chi connectivity index (χ0) is 26.3. The second kappa shape index (κ2) is 9.50. The molecule has 3 heterocycles. The summed E-state index contributed by atoms with van der Waals surface area (Å²) in [5.41, 5.74) is -0.419. The van der Waals surface area contributed by atoms with Crippen LogP contribution in [0.5, 0.6) is 5.88 Å². The first kappa shape index (κ1) is 24.7. The highest BCUT2D eigenvalue weighted by Crippen LogP contribution is 2.29. The van der Waals surface area contributed by atoms with E-state index in [1.54, 1.807) is 22.9 Å². The number of fused-ring (bicyclic) bond motifs is 1. The molecular formula is C23H16ClFN4O6S2. The summed E-state index contributed by atoms with van der Waals surface area (Å²) in [7, 11) is -4.18. The molecule has 37 heavy (non-hydrogen) atoms. The average molecular weight is 563 g/mol. The molecule has 14 heteroatoms. The maximum Gasteiger partial charge on any atom is 0.333 e. The molecule has 190 valence electrons. The first-order chi connectivity index (χ1) is 17.6. The molecule has 2 aromatic heterocycles. The maximum absolute atomic E-state index is 15.0. The topological polar surface area (TPSA) is 139 Å². The number of nitrogens with one attached hydrogen (secondary N) is 2. The van der Waals surface area contributed by atoms with Gasteiger partial charge in [-0.05, 0) is 53.9 Å². The third-order valence-corrected chi connectivity index (χ3v) is 8.38. The lowest BCUT2D eigenvalue weighted by Gasteiger charge is -2.14. The number of benzene rings is 2. The minimum Gasteiger partial charge on any atom is -0.494 e. The fourth-order valence-corrected chi connectivity index (χ4v) is 6.11. The summed E-state index contributed by atoms with van der Waals surface area (Å²) in [5.74, 6) is -0.995. The molecule has 5 rings (SSSR count).